The molecule has 170 valence electrons. The van der Waals surface area contributed by atoms with Crippen LogP contribution in [-0.2, 0) is 26.4 Å². The summed E-state index contributed by atoms with van der Waals surface area (Å²) in [4.78, 5) is 27.8. The number of aryl methyl sites for hydroxylation is 1. The SMILES string of the molecule is COc1ccc2c(c1)c(CN1CCc3nc(N4CCN(C)CC4)[nH]c(=O)c3CC1)cn2C. The highest BCUT2D eigenvalue weighted by molar-refractivity contribution is 5.85. The number of piperazine rings is 1. The second-order valence-electron chi connectivity index (χ2n) is 9.03. The van der Waals surface area contributed by atoms with Crippen LogP contribution in [0.25, 0.3) is 10.9 Å². The molecule has 8 nitrogen and oxygen atoms in total. The molecule has 32 heavy (non-hydrogen) atoms. The van der Waals surface area contributed by atoms with Crippen LogP contribution in [0.5, 0.6) is 5.75 Å². The van der Waals surface area contributed by atoms with E-state index >= 15 is 0 Å². The van der Waals surface area contributed by atoms with Crippen molar-refractivity contribution in [3.63, 3.8) is 0 Å². The first-order valence-corrected chi connectivity index (χ1v) is 11.4. The number of nitrogens with zero attached hydrogens (tertiary/aromatic N) is 5. The number of hydrogen-bond donors (Lipinski definition) is 1. The summed E-state index contributed by atoms with van der Waals surface area (Å²) in [7, 11) is 5.92. The van der Waals surface area contributed by atoms with Crippen LogP contribution in [0.2, 0.25) is 0 Å². The van der Waals surface area contributed by atoms with E-state index in [1.807, 2.05) is 6.07 Å². The average Bonchev–Trinajstić information content (AvgIpc) is 2.96. The molecule has 0 saturated carbocycles. The second kappa shape index (κ2) is 8.60. The smallest absolute Gasteiger partial charge is 0.255 e. The molecular weight excluding hydrogens is 404 g/mol. The maximum absolute atomic E-state index is 12.9. The van der Waals surface area contributed by atoms with Crippen LogP contribution in [-0.4, -0.2) is 77.8 Å². The molecule has 4 heterocycles. The van der Waals surface area contributed by atoms with E-state index in [9.17, 15) is 4.79 Å². The van der Waals surface area contributed by atoms with Gasteiger partial charge < -0.3 is 19.1 Å². The number of aromatic nitrogens is 3. The molecule has 0 aliphatic carbocycles. The van der Waals surface area contributed by atoms with Gasteiger partial charge in [-0.1, -0.05) is 0 Å². The third-order valence-electron chi connectivity index (χ3n) is 6.91. The van der Waals surface area contributed by atoms with Crippen LogP contribution in [0.15, 0.2) is 29.2 Å². The molecule has 5 rings (SSSR count). The van der Waals surface area contributed by atoms with Gasteiger partial charge >= 0.3 is 0 Å². The van der Waals surface area contributed by atoms with E-state index in [1.54, 1.807) is 7.11 Å². The molecule has 1 aromatic carbocycles. The summed E-state index contributed by atoms with van der Waals surface area (Å²) in [6.45, 7) is 6.37. The number of methoxy groups -OCH3 is 1. The lowest BCUT2D eigenvalue weighted by molar-refractivity contribution is 0.279. The Bertz CT molecular complexity index is 1180. The molecule has 2 aliphatic heterocycles. The summed E-state index contributed by atoms with van der Waals surface area (Å²) in [6.07, 6.45) is 3.74. The van der Waals surface area contributed by atoms with Crippen molar-refractivity contribution < 1.29 is 4.74 Å². The van der Waals surface area contributed by atoms with E-state index in [-0.39, 0.29) is 5.56 Å². The van der Waals surface area contributed by atoms with E-state index in [2.05, 4.69) is 56.7 Å². The Morgan fingerprint density at radius 3 is 2.62 bits per heavy atom. The van der Waals surface area contributed by atoms with Gasteiger partial charge in [-0.3, -0.25) is 14.7 Å². The number of fused-ring (bicyclic) bond motifs is 2. The molecule has 2 aliphatic rings. The minimum Gasteiger partial charge on any atom is -0.497 e. The van der Waals surface area contributed by atoms with E-state index < -0.39 is 0 Å². The minimum absolute atomic E-state index is 0.0284. The average molecular weight is 437 g/mol. The van der Waals surface area contributed by atoms with Gasteiger partial charge in [0, 0.05) is 81.9 Å². The molecule has 0 spiro atoms. The predicted octanol–water partition coefficient (Wildman–Crippen LogP) is 1.62. The highest BCUT2D eigenvalue weighted by atomic mass is 16.5. The summed E-state index contributed by atoms with van der Waals surface area (Å²) >= 11 is 0. The molecule has 0 unspecified atom stereocenters. The van der Waals surface area contributed by atoms with Crippen molar-refractivity contribution in [2.75, 3.05) is 58.3 Å². The highest BCUT2D eigenvalue weighted by Gasteiger charge is 2.23. The summed E-state index contributed by atoms with van der Waals surface area (Å²) < 4.78 is 7.61. The fourth-order valence-corrected chi connectivity index (χ4v) is 4.91. The van der Waals surface area contributed by atoms with Gasteiger partial charge in [0.15, 0.2) is 0 Å². The van der Waals surface area contributed by atoms with Crippen LogP contribution < -0.4 is 15.2 Å². The zero-order chi connectivity index (χ0) is 22.2. The molecule has 0 radical (unpaired) electrons. The van der Waals surface area contributed by atoms with Gasteiger partial charge in [0.05, 0.1) is 12.8 Å². The quantitative estimate of drug-likeness (QED) is 0.670. The summed E-state index contributed by atoms with van der Waals surface area (Å²) in [5, 5.41) is 1.22. The number of aromatic amines is 1. The van der Waals surface area contributed by atoms with Crippen molar-refractivity contribution in [3.8, 4) is 5.75 Å². The molecule has 3 aromatic rings. The number of ether oxygens (including phenoxy) is 1. The van der Waals surface area contributed by atoms with Crippen molar-refractivity contribution in [2.45, 2.75) is 19.4 Å². The molecule has 0 atom stereocenters. The van der Waals surface area contributed by atoms with Crippen LogP contribution >= 0.6 is 0 Å². The number of nitrogens with one attached hydrogen (secondary N) is 1. The number of benzene rings is 1. The zero-order valence-electron chi connectivity index (χ0n) is 19.2. The molecular formula is C24H32N6O2. The van der Waals surface area contributed by atoms with Crippen molar-refractivity contribution in [2.24, 2.45) is 7.05 Å². The number of anilines is 1. The first-order valence-electron chi connectivity index (χ1n) is 11.4. The fraction of sp³-hybridized carbons (Fsp3) is 0.500. The fourth-order valence-electron chi connectivity index (χ4n) is 4.91. The van der Waals surface area contributed by atoms with Crippen LogP contribution in [0.3, 0.4) is 0 Å². The van der Waals surface area contributed by atoms with Gasteiger partial charge in [0.1, 0.15) is 5.75 Å². The normalized spacial score (nSPS) is 18.0. The Balaban J connectivity index is 1.35. The van der Waals surface area contributed by atoms with Crippen LogP contribution in [0.4, 0.5) is 5.95 Å². The van der Waals surface area contributed by atoms with E-state index in [0.29, 0.717) is 0 Å². The number of hydrogen-bond acceptors (Lipinski definition) is 6. The van der Waals surface area contributed by atoms with Crippen molar-refractivity contribution in [3.05, 3.63) is 51.6 Å². The summed E-state index contributed by atoms with van der Waals surface area (Å²) in [5.74, 6) is 1.61. The first kappa shape index (κ1) is 21.0. The lowest BCUT2D eigenvalue weighted by Crippen LogP contribution is -2.45. The van der Waals surface area contributed by atoms with E-state index in [1.165, 1.54) is 16.5 Å². The minimum atomic E-state index is 0.0284. The van der Waals surface area contributed by atoms with Crippen molar-refractivity contribution in [1.82, 2.24) is 24.3 Å². The van der Waals surface area contributed by atoms with Crippen molar-refractivity contribution >= 4 is 16.9 Å². The Hall–Kier alpha value is -2.84. The standard InChI is InChI=1S/C24H32N6O2/c1-27-10-12-30(13-11-27)24-25-21-7-9-29(8-6-19(21)23(31)26-24)16-17-15-28(2)22-5-4-18(32-3)14-20(17)22/h4-5,14-15H,6-13,16H2,1-3H3,(H,25,26,31). The molecule has 1 saturated heterocycles. The van der Waals surface area contributed by atoms with Gasteiger partial charge in [-0.2, -0.15) is 0 Å². The van der Waals surface area contributed by atoms with Gasteiger partial charge in [0.25, 0.3) is 5.56 Å². The summed E-state index contributed by atoms with van der Waals surface area (Å²) in [6, 6.07) is 6.23. The number of H-pyrrole nitrogens is 1. The lowest BCUT2D eigenvalue weighted by atomic mass is 10.1. The number of rotatable bonds is 4. The molecule has 8 heteroatoms. The zero-order valence-corrected chi connectivity index (χ0v) is 19.2. The first-order chi connectivity index (χ1) is 15.5. The van der Waals surface area contributed by atoms with Gasteiger partial charge in [0.2, 0.25) is 5.95 Å². The van der Waals surface area contributed by atoms with Gasteiger partial charge in [-0.15, -0.1) is 0 Å². The summed E-state index contributed by atoms with van der Waals surface area (Å²) in [5.41, 5.74) is 4.33. The molecule has 0 bridgehead atoms. The lowest BCUT2D eigenvalue weighted by Gasteiger charge is -2.32. The van der Waals surface area contributed by atoms with Crippen LogP contribution in [0.1, 0.15) is 16.8 Å². The predicted molar refractivity (Wildman–Crippen MR) is 127 cm³/mol. The molecule has 0 amide bonds. The Morgan fingerprint density at radius 1 is 1.06 bits per heavy atom. The molecule has 2 aromatic heterocycles. The largest absolute Gasteiger partial charge is 0.497 e. The highest BCUT2D eigenvalue weighted by Crippen LogP contribution is 2.27. The Morgan fingerprint density at radius 2 is 1.84 bits per heavy atom. The van der Waals surface area contributed by atoms with Gasteiger partial charge in [-0.05, 0) is 37.2 Å². The van der Waals surface area contributed by atoms with Gasteiger partial charge in [-0.25, -0.2) is 4.98 Å². The maximum atomic E-state index is 12.9. The van der Waals surface area contributed by atoms with Crippen LogP contribution in [0, 0.1) is 0 Å². The third kappa shape index (κ3) is 4.00. The van der Waals surface area contributed by atoms with E-state index in [4.69, 9.17) is 9.72 Å². The monoisotopic (exact) mass is 436 g/mol. The number of likely N-dealkylation sites (N-methyl/N-ethyl adjacent to an activating group) is 1. The molecule has 1 fully saturated rings. The molecule has 1 N–H and O–H groups in total. The van der Waals surface area contributed by atoms with Crippen molar-refractivity contribution in [1.29, 1.82) is 0 Å². The Labute approximate surface area is 188 Å². The van der Waals surface area contributed by atoms with E-state index in [0.717, 1.165) is 81.6 Å². The third-order valence-corrected chi connectivity index (χ3v) is 6.91. The topological polar surface area (TPSA) is 69.6 Å². The maximum Gasteiger partial charge on any atom is 0.255 e. The Kier molecular flexibility index (Phi) is 5.65. The second-order valence-corrected chi connectivity index (χ2v) is 9.03.